The Hall–Kier alpha value is -2.41. The van der Waals surface area contributed by atoms with Gasteiger partial charge in [0.2, 0.25) is 5.91 Å². The van der Waals surface area contributed by atoms with Crippen molar-refractivity contribution in [1.29, 1.82) is 0 Å². The summed E-state index contributed by atoms with van der Waals surface area (Å²) < 4.78 is 11.9. The summed E-state index contributed by atoms with van der Waals surface area (Å²) in [5, 5.41) is 3.19. The summed E-state index contributed by atoms with van der Waals surface area (Å²) in [6.45, 7) is 9.05. The third kappa shape index (κ3) is 4.83. The molecule has 0 spiro atoms. The van der Waals surface area contributed by atoms with Crippen LogP contribution in [-0.4, -0.2) is 54.3 Å². The van der Waals surface area contributed by atoms with E-state index in [9.17, 15) is 4.79 Å². The molecule has 1 saturated carbocycles. The minimum atomic E-state index is -0.356. The quantitative estimate of drug-likeness (QED) is 0.830. The monoisotopic (exact) mass is 412 g/mol. The summed E-state index contributed by atoms with van der Waals surface area (Å²) in [6.07, 6.45) is 7.24. The first-order valence-electron chi connectivity index (χ1n) is 11.0. The maximum atomic E-state index is 12.3. The highest BCUT2D eigenvalue weighted by atomic mass is 16.5. The number of aromatic nitrogens is 2. The molecule has 30 heavy (non-hydrogen) atoms. The van der Waals surface area contributed by atoms with Crippen molar-refractivity contribution in [3.05, 3.63) is 24.5 Å². The maximum Gasteiger partial charge on any atom is 0.225 e. The van der Waals surface area contributed by atoms with E-state index in [0.29, 0.717) is 0 Å². The van der Waals surface area contributed by atoms with Crippen LogP contribution in [-0.2, 0) is 9.53 Å². The van der Waals surface area contributed by atoms with E-state index in [1.54, 1.807) is 12.4 Å². The highest BCUT2D eigenvalue weighted by Gasteiger charge is 2.28. The molecule has 1 N–H and O–H groups in total. The third-order valence-electron chi connectivity index (χ3n) is 5.88. The maximum absolute atomic E-state index is 12.3. The predicted octanol–water partition coefficient (Wildman–Crippen LogP) is 3.32. The van der Waals surface area contributed by atoms with Gasteiger partial charge in [-0.3, -0.25) is 9.78 Å². The average molecular weight is 413 g/mol. The molecule has 0 atom stereocenters. The molecule has 1 aromatic heterocycles. The number of morpholine rings is 1. The fourth-order valence-corrected chi connectivity index (χ4v) is 4.03. The number of carbonyl (C=O) groups is 1. The van der Waals surface area contributed by atoms with Crippen LogP contribution in [0.2, 0.25) is 0 Å². The molecule has 0 unspecified atom stereocenters. The lowest BCUT2D eigenvalue weighted by Crippen LogP contribution is -2.44. The van der Waals surface area contributed by atoms with E-state index in [0.717, 1.165) is 74.5 Å². The fraction of sp³-hybridized carbons (Fsp3) is 0.609. The second-order valence-corrected chi connectivity index (χ2v) is 9.28. The van der Waals surface area contributed by atoms with Gasteiger partial charge in [-0.25, -0.2) is 4.98 Å². The molecule has 0 bridgehead atoms. The minimum Gasteiger partial charge on any atom is -0.488 e. The molecule has 2 aliphatic rings. The minimum absolute atomic E-state index is 0.117. The Balaban J connectivity index is 1.45. The lowest BCUT2D eigenvalue weighted by molar-refractivity contribution is -0.129. The van der Waals surface area contributed by atoms with Crippen molar-refractivity contribution in [2.75, 3.05) is 31.2 Å². The van der Waals surface area contributed by atoms with Gasteiger partial charge in [0, 0.05) is 48.7 Å². The van der Waals surface area contributed by atoms with E-state index in [1.807, 2.05) is 20.8 Å². The topological polar surface area (TPSA) is 76.6 Å². The molecule has 1 aliphatic heterocycles. The molecule has 1 amide bonds. The van der Waals surface area contributed by atoms with Crippen LogP contribution >= 0.6 is 0 Å². The van der Waals surface area contributed by atoms with Crippen LogP contribution in [0.1, 0.15) is 46.5 Å². The summed E-state index contributed by atoms with van der Waals surface area (Å²) in [7, 11) is 0. The SMILES string of the molecule is CC(C)(C)C(=O)NC1CCC(Oc2cc(N3CCOCC3)cc3nccnc23)CC1. The van der Waals surface area contributed by atoms with Crippen molar-refractivity contribution in [3.63, 3.8) is 0 Å². The van der Waals surface area contributed by atoms with Crippen molar-refractivity contribution in [2.24, 2.45) is 5.41 Å². The van der Waals surface area contributed by atoms with Gasteiger partial charge in [0.15, 0.2) is 0 Å². The number of hydrogen-bond acceptors (Lipinski definition) is 6. The van der Waals surface area contributed by atoms with E-state index >= 15 is 0 Å². The number of ether oxygens (including phenoxy) is 2. The molecular formula is C23H32N4O3. The number of fused-ring (bicyclic) bond motifs is 1. The second-order valence-electron chi connectivity index (χ2n) is 9.28. The highest BCUT2D eigenvalue weighted by molar-refractivity contribution is 5.85. The lowest BCUT2D eigenvalue weighted by atomic mass is 9.90. The molecule has 4 rings (SSSR count). The first-order chi connectivity index (χ1) is 14.4. The molecule has 0 radical (unpaired) electrons. The first-order valence-corrected chi connectivity index (χ1v) is 11.0. The van der Waals surface area contributed by atoms with Gasteiger partial charge in [0.05, 0.1) is 24.8 Å². The molecule has 1 aromatic carbocycles. The number of benzene rings is 1. The largest absolute Gasteiger partial charge is 0.488 e. The average Bonchev–Trinajstić information content (AvgIpc) is 2.75. The van der Waals surface area contributed by atoms with Gasteiger partial charge in [-0.05, 0) is 31.7 Å². The lowest BCUT2D eigenvalue weighted by Gasteiger charge is -2.32. The summed E-state index contributed by atoms with van der Waals surface area (Å²) in [6, 6.07) is 4.41. The van der Waals surface area contributed by atoms with E-state index in [1.165, 1.54) is 0 Å². The Kier molecular flexibility index (Phi) is 6.09. The Morgan fingerprint density at radius 1 is 1.10 bits per heavy atom. The zero-order chi connectivity index (χ0) is 21.1. The molecule has 162 valence electrons. The molecule has 1 aliphatic carbocycles. The number of amides is 1. The van der Waals surface area contributed by atoms with Crippen LogP contribution in [0, 0.1) is 5.41 Å². The third-order valence-corrected chi connectivity index (χ3v) is 5.88. The van der Waals surface area contributed by atoms with Gasteiger partial charge in [-0.15, -0.1) is 0 Å². The van der Waals surface area contributed by atoms with Crippen molar-refractivity contribution in [2.45, 2.75) is 58.6 Å². The Morgan fingerprint density at radius 3 is 2.50 bits per heavy atom. The van der Waals surface area contributed by atoms with E-state index in [2.05, 4.69) is 32.3 Å². The van der Waals surface area contributed by atoms with E-state index in [4.69, 9.17) is 9.47 Å². The van der Waals surface area contributed by atoms with E-state index in [-0.39, 0.29) is 23.5 Å². The number of nitrogens with one attached hydrogen (secondary N) is 1. The second kappa shape index (κ2) is 8.76. The number of carbonyl (C=O) groups excluding carboxylic acids is 1. The van der Waals surface area contributed by atoms with Gasteiger partial charge >= 0.3 is 0 Å². The molecule has 2 heterocycles. The molecule has 1 saturated heterocycles. The van der Waals surface area contributed by atoms with Crippen molar-refractivity contribution < 1.29 is 14.3 Å². The van der Waals surface area contributed by atoms with Gasteiger partial charge in [-0.1, -0.05) is 20.8 Å². The smallest absolute Gasteiger partial charge is 0.225 e. The molecule has 2 aromatic rings. The zero-order valence-electron chi connectivity index (χ0n) is 18.2. The van der Waals surface area contributed by atoms with Crippen LogP contribution in [0.15, 0.2) is 24.5 Å². The predicted molar refractivity (Wildman–Crippen MR) is 117 cm³/mol. The van der Waals surface area contributed by atoms with Gasteiger partial charge in [0.1, 0.15) is 11.3 Å². The Morgan fingerprint density at radius 2 is 1.80 bits per heavy atom. The number of nitrogens with zero attached hydrogens (tertiary/aromatic N) is 3. The number of anilines is 1. The molecule has 2 fully saturated rings. The zero-order valence-corrected chi connectivity index (χ0v) is 18.2. The van der Waals surface area contributed by atoms with Gasteiger partial charge < -0.3 is 19.7 Å². The molecule has 7 heteroatoms. The summed E-state index contributed by atoms with van der Waals surface area (Å²) in [4.78, 5) is 23.6. The van der Waals surface area contributed by atoms with Gasteiger partial charge in [0.25, 0.3) is 0 Å². The van der Waals surface area contributed by atoms with Crippen LogP contribution in [0.5, 0.6) is 5.75 Å². The standard InChI is InChI=1S/C23H32N4O3/c1-23(2,3)22(28)26-16-4-6-18(7-5-16)30-20-15-17(27-10-12-29-13-11-27)14-19-21(20)25-9-8-24-19/h8-9,14-16,18H,4-7,10-13H2,1-3H3,(H,26,28). The van der Waals surface area contributed by atoms with Crippen molar-refractivity contribution in [1.82, 2.24) is 15.3 Å². The van der Waals surface area contributed by atoms with Crippen LogP contribution in [0.3, 0.4) is 0 Å². The highest BCUT2D eigenvalue weighted by Crippen LogP contribution is 2.33. The van der Waals surface area contributed by atoms with Crippen LogP contribution in [0.4, 0.5) is 5.69 Å². The van der Waals surface area contributed by atoms with E-state index < -0.39 is 0 Å². The normalized spacial score (nSPS) is 22.7. The van der Waals surface area contributed by atoms with Gasteiger partial charge in [-0.2, -0.15) is 0 Å². The summed E-state index contributed by atoms with van der Waals surface area (Å²) >= 11 is 0. The first kappa shape index (κ1) is 20.8. The summed E-state index contributed by atoms with van der Waals surface area (Å²) in [5.41, 5.74) is 2.40. The Bertz CT molecular complexity index is 882. The number of hydrogen-bond donors (Lipinski definition) is 1. The van der Waals surface area contributed by atoms with Crippen LogP contribution in [0.25, 0.3) is 11.0 Å². The molecular weight excluding hydrogens is 380 g/mol. The fourth-order valence-electron chi connectivity index (χ4n) is 4.03. The van der Waals surface area contributed by atoms with Crippen molar-refractivity contribution >= 4 is 22.6 Å². The Labute approximate surface area is 178 Å². The van der Waals surface area contributed by atoms with Crippen LogP contribution < -0.4 is 15.0 Å². The summed E-state index contributed by atoms with van der Waals surface area (Å²) in [5.74, 6) is 0.913. The number of rotatable bonds is 4. The van der Waals surface area contributed by atoms with Crippen molar-refractivity contribution in [3.8, 4) is 5.75 Å². The molecule has 7 nitrogen and oxygen atoms in total.